The zero-order valence-electron chi connectivity index (χ0n) is 15.3. The van der Waals surface area contributed by atoms with Crippen LogP contribution >= 0.6 is 0 Å². The molecule has 0 amide bonds. The summed E-state index contributed by atoms with van der Waals surface area (Å²) in [5.74, 6) is 0. The molecule has 0 radical (unpaired) electrons. The van der Waals surface area contributed by atoms with Crippen LogP contribution in [0.5, 0.6) is 0 Å². The normalized spacial score (nSPS) is 12.7. The van der Waals surface area contributed by atoms with Gasteiger partial charge in [0, 0.05) is 5.41 Å². The van der Waals surface area contributed by atoms with Gasteiger partial charge in [-0.05, 0) is 16.5 Å². The molecule has 0 saturated carbocycles. The molecule has 4 heteroatoms. The van der Waals surface area contributed by atoms with Crippen molar-refractivity contribution in [3.8, 4) is 0 Å². The van der Waals surface area contributed by atoms with Gasteiger partial charge in [0.1, 0.15) is 0 Å². The van der Waals surface area contributed by atoms with Gasteiger partial charge in [0.15, 0.2) is 0 Å². The molecule has 3 rings (SSSR count). The second-order valence-corrected chi connectivity index (χ2v) is 6.96. The van der Waals surface area contributed by atoms with E-state index in [2.05, 4.69) is 99.7 Å². The van der Waals surface area contributed by atoms with E-state index >= 15 is 0 Å². The van der Waals surface area contributed by atoms with Crippen LogP contribution in [0.15, 0.2) is 78.4 Å². The molecule has 0 unspecified atom stereocenters. The Morgan fingerprint density at radius 3 is 1.46 bits per heavy atom. The molecule has 2 aromatic rings. The fourth-order valence-electron chi connectivity index (χ4n) is 3.87. The van der Waals surface area contributed by atoms with Crippen molar-refractivity contribution in [1.82, 2.24) is 0 Å². The second-order valence-electron chi connectivity index (χ2n) is 6.96. The van der Waals surface area contributed by atoms with Gasteiger partial charge in [-0.1, -0.05) is 87.9 Å². The minimum absolute atomic E-state index is 0. The third-order valence-electron chi connectivity index (χ3n) is 4.69. The maximum atomic E-state index is 3.54. The van der Waals surface area contributed by atoms with Crippen molar-refractivity contribution in [3.05, 3.63) is 95.6 Å². The average Bonchev–Trinajstić information content (AvgIpc) is 3.03. The predicted octanol–water partition coefficient (Wildman–Crippen LogP) is -3.28. The number of rotatable bonds is 3. The monoisotopic (exact) mass is 440 g/mol. The minimum Gasteiger partial charge on any atom is -1.00 e. The number of hydrogen-bond acceptors (Lipinski definition) is 0. The SMILES string of the molecule is CC(C)(C)C(C1=[C-]C=CC1)(c1ccccc1)c1ccccc1.[Cl-].[Cl-].[Cl-].[Ti+4]. The van der Waals surface area contributed by atoms with E-state index in [1.807, 2.05) is 0 Å². The minimum atomic E-state index is -0.154. The molecule has 0 aromatic heterocycles. The van der Waals surface area contributed by atoms with Gasteiger partial charge in [-0.25, -0.2) is 12.2 Å². The summed E-state index contributed by atoms with van der Waals surface area (Å²) in [4.78, 5) is 0. The van der Waals surface area contributed by atoms with Gasteiger partial charge in [-0.2, -0.15) is 5.57 Å². The largest absolute Gasteiger partial charge is 4.00 e. The Bertz CT molecular complexity index is 662. The first-order chi connectivity index (χ1) is 10.6. The molecule has 0 spiro atoms. The molecule has 26 heavy (non-hydrogen) atoms. The summed E-state index contributed by atoms with van der Waals surface area (Å²) in [5, 5.41) is 0. The Morgan fingerprint density at radius 1 is 0.731 bits per heavy atom. The average molecular weight is 442 g/mol. The maximum absolute atomic E-state index is 3.54. The first kappa shape index (κ1) is 27.7. The first-order valence-corrected chi connectivity index (χ1v) is 7.96. The van der Waals surface area contributed by atoms with Gasteiger partial charge in [0.25, 0.3) is 0 Å². The van der Waals surface area contributed by atoms with E-state index in [1.165, 1.54) is 16.7 Å². The Morgan fingerprint density at radius 2 is 1.15 bits per heavy atom. The van der Waals surface area contributed by atoms with Gasteiger partial charge in [0.2, 0.25) is 0 Å². The van der Waals surface area contributed by atoms with E-state index < -0.39 is 0 Å². The predicted molar refractivity (Wildman–Crippen MR) is 93.6 cm³/mol. The quantitative estimate of drug-likeness (QED) is 0.346. The van der Waals surface area contributed by atoms with Crippen molar-refractivity contribution in [2.75, 3.05) is 0 Å². The Balaban J connectivity index is 0. The topological polar surface area (TPSA) is 0 Å². The van der Waals surface area contributed by atoms with Crippen molar-refractivity contribution in [3.63, 3.8) is 0 Å². The Hall–Kier alpha value is -0.496. The molecular formula is C22H23Cl3Ti. The van der Waals surface area contributed by atoms with Crippen molar-refractivity contribution >= 4 is 0 Å². The third kappa shape index (κ3) is 4.86. The first-order valence-electron chi connectivity index (χ1n) is 7.96. The fourth-order valence-corrected chi connectivity index (χ4v) is 3.87. The summed E-state index contributed by atoms with van der Waals surface area (Å²) in [5.41, 5.74) is 3.94. The van der Waals surface area contributed by atoms with Crippen molar-refractivity contribution in [2.45, 2.75) is 32.6 Å². The molecular weight excluding hydrogens is 418 g/mol. The molecule has 1 aliphatic rings. The second kappa shape index (κ2) is 11.4. The number of allylic oxidation sites excluding steroid dienone is 4. The summed E-state index contributed by atoms with van der Waals surface area (Å²) in [6.07, 6.45) is 8.79. The van der Waals surface area contributed by atoms with E-state index in [0.717, 1.165) is 6.42 Å². The van der Waals surface area contributed by atoms with E-state index in [9.17, 15) is 0 Å². The van der Waals surface area contributed by atoms with Crippen LogP contribution in [-0.4, -0.2) is 0 Å². The Labute approximate surface area is 191 Å². The summed E-state index contributed by atoms with van der Waals surface area (Å²) >= 11 is 0. The van der Waals surface area contributed by atoms with Crippen molar-refractivity contribution < 1.29 is 58.9 Å². The smallest absolute Gasteiger partial charge is 1.00 e. The third-order valence-corrected chi connectivity index (χ3v) is 4.69. The summed E-state index contributed by atoms with van der Waals surface area (Å²) < 4.78 is 0. The standard InChI is InChI=1S/C22H23.3ClH.Ti/c1-21(2,3)22(20-16-10-11-17-20,18-12-6-4-7-13-18)19-14-8-5-9-15-19;;;;/h4-15H,16H2,1-3H3;3*1H;/q-1;;;;+4/p-3. The van der Waals surface area contributed by atoms with Gasteiger partial charge < -0.3 is 37.2 Å². The number of hydrogen-bond donors (Lipinski definition) is 0. The maximum Gasteiger partial charge on any atom is 4.00 e. The van der Waals surface area contributed by atoms with Gasteiger partial charge in [0.05, 0.1) is 0 Å². The van der Waals surface area contributed by atoms with Gasteiger partial charge in [-0.15, -0.1) is 0 Å². The van der Waals surface area contributed by atoms with E-state index in [4.69, 9.17) is 0 Å². The Kier molecular flexibility index (Phi) is 12.1. The fraction of sp³-hybridized carbons (Fsp3) is 0.273. The zero-order chi connectivity index (χ0) is 15.6. The molecule has 2 aromatic carbocycles. The van der Waals surface area contributed by atoms with E-state index in [0.29, 0.717) is 0 Å². The number of benzene rings is 2. The van der Waals surface area contributed by atoms with Crippen LogP contribution in [0, 0.1) is 11.5 Å². The number of halogens is 3. The molecule has 0 bridgehead atoms. The molecule has 0 aliphatic heterocycles. The van der Waals surface area contributed by atoms with Crippen LogP contribution in [-0.2, 0) is 27.1 Å². The summed E-state index contributed by atoms with van der Waals surface area (Å²) in [7, 11) is 0. The molecule has 0 N–H and O–H groups in total. The van der Waals surface area contributed by atoms with Crippen molar-refractivity contribution in [1.29, 1.82) is 0 Å². The van der Waals surface area contributed by atoms with E-state index in [1.54, 1.807) is 0 Å². The van der Waals surface area contributed by atoms with E-state index in [-0.39, 0.29) is 69.8 Å². The molecule has 0 atom stereocenters. The van der Waals surface area contributed by atoms with Crippen LogP contribution in [0.2, 0.25) is 0 Å². The molecule has 0 heterocycles. The zero-order valence-corrected chi connectivity index (χ0v) is 19.1. The molecule has 0 nitrogen and oxygen atoms in total. The molecule has 136 valence electrons. The van der Waals surface area contributed by atoms with Gasteiger partial charge in [-0.3, -0.25) is 6.08 Å². The van der Waals surface area contributed by atoms with Crippen LogP contribution in [0.25, 0.3) is 0 Å². The molecule has 0 fully saturated rings. The summed E-state index contributed by atoms with van der Waals surface area (Å²) in [6, 6.07) is 21.8. The van der Waals surface area contributed by atoms with Crippen LogP contribution in [0.1, 0.15) is 38.3 Å². The molecule has 1 aliphatic carbocycles. The van der Waals surface area contributed by atoms with Crippen LogP contribution in [0.4, 0.5) is 0 Å². The van der Waals surface area contributed by atoms with Crippen molar-refractivity contribution in [2.24, 2.45) is 5.41 Å². The van der Waals surface area contributed by atoms with Crippen LogP contribution < -0.4 is 37.2 Å². The molecule has 0 saturated heterocycles. The summed E-state index contributed by atoms with van der Waals surface area (Å²) in [6.45, 7) is 7.00. The van der Waals surface area contributed by atoms with Crippen LogP contribution in [0.3, 0.4) is 0 Å². The van der Waals surface area contributed by atoms with Gasteiger partial charge >= 0.3 is 21.7 Å².